The minimum atomic E-state index is -2.77. The lowest BCUT2D eigenvalue weighted by atomic mass is 10.2. The second-order valence-electron chi connectivity index (χ2n) is 3.94. The number of carbonyl (C=O) groups excluding carboxylic acids is 1. The van der Waals surface area contributed by atoms with Crippen LogP contribution in [0.4, 0.5) is 8.78 Å². The summed E-state index contributed by atoms with van der Waals surface area (Å²) >= 11 is 4.81. The molecule has 1 aliphatic rings. The molecule has 1 aromatic heterocycles. The number of halogens is 3. The van der Waals surface area contributed by atoms with Crippen LogP contribution in [0, 0.1) is 0 Å². The van der Waals surface area contributed by atoms with Crippen LogP contribution in [0.2, 0.25) is 0 Å². The van der Waals surface area contributed by atoms with Gasteiger partial charge in [0, 0.05) is 21.2 Å². The van der Waals surface area contributed by atoms with Crippen molar-refractivity contribution in [1.29, 1.82) is 0 Å². The van der Waals surface area contributed by atoms with E-state index in [0.717, 1.165) is 9.35 Å². The van der Waals surface area contributed by atoms with Crippen LogP contribution >= 0.6 is 27.3 Å². The van der Waals surface area contributed by atoms with E-state index in [1.165, 1.54) is 11.3 Å². The fourth-order valence-corrected chi connectivity index (χ4v) is 3.04. The molecule has 1 unspecified atom stereocenters. The second kappa shape index (κ2) is 4.99. The Hall–Kier alpha value is -0.530. The molecule has 1 fully saturated rings. The third kappa shape index (κ3) is 3.46. The Kier molecular flexibility index (Phi) is 3.79. The summed E-state index contributed by atoms with van der Waals surface area (Å²) in [4.78, 5) is 12.6. The lowest BCUT2D eigenvalue weighted by Gasteiger charge is -2.10. The average Bonchev–Trinajstić information content (AvgIpc) is 2.81. The van der Waals surface area contributed by atoms with E-state index in [9.17, 15) is 13.6 Å². The monoisotopic (exact) mass is 324 g/mol. The summed E-state index contributed by atoms with van der Waals surface area (Å²) in [5.41, 5.74) is 0. The van der Waals surface area contributed by atoms with Crippen LogP contribution in [0.1, 0.15) is 11.3 Å². The molecule has 3 nitrogen and oxygen atoms in total. The largest absolute Gasteiger partial charge is 0.350 e. The number of carbonyl (C=O) groups is 1. The van der Waals surface area contributed by atoms with Gasteiger partial charge in [0.05, 0.1) is 19.1 Å². The van der Waals surface area contributed by atoms with Gasteiger partial charge in [-0.25, -0.2) is 8.78 Å². The molecule has 1 amide bonds. The van der Waals surface area contributed by atoms with E-state index in [2.05, 4.69) is 26.6 Å². The summed E-state index contributed by atoms with van der Waals surface area (Å²) in [5, 5.41) is 7.07. The molecule has 0 saturated carbocycles. The highest BCUT2D eigenvalue weighted by Crippen LogP contribution is 2.25. The van der Waals surface area contributed by atoms with E-state index >= 15 is 0 Å². The van der Waals surface area contributed by atoms with Crippen molar-refractivity contribution in [3.8, 4) is 0 Å². The smallest absolute Gasteiger partial charge is 0.262 e. The van der Waals surface area contributed by atoms with Crippen molar-refractivity contribution in [2.45, 2.75) is 24.9 Å². The van der Waals surface area contributed by atoms with Crippen molar-refractivity contribution < 1.29 is 13.6 Å². The van der Waals surface area contributed by atoms with Gasteiger partial charge in [0.25, 0.3) is 5.92 Å². The third-order valence-electron chi connectivity index (χ3n) is 2.48. The van der Waals surface area contributed by atoms with E-state index in [4.69, 9.17) is 0 Å². The molecule has 17 heavy (non-hydrogen) atoms. The molecule has 0 bridgehead atoms. The fraction of sp³-hybridized carbons (Fsp3) is 0.500. The average molecular weight is 325 g/mol. The summed E-state index contributed by atoms with van der Waals surface area (Å²) in [6.07, 6.45) is -0.424. The highest BCUT2D eigenvalue weighted by atomic mass is 79.9. The third-order valence-corrected chi connectivity index (χ3v) is 4.18. The maximum atomic E-state index is 12.9. The molecule has 7 heteroatoms. The van der Waals surface area contributed by atoms with Crippen LogP contribution in [0.3, 0.4) is 0 Å². The number of alkyl halides is 2. The Balaban J connectivity index is 1.82. The van der Waals surface area contributed by atoms with Crippen LogP contribution in [0.25, 0.3) is 0 Å². The topological polar surface area (TPSA) is 41.1 Å². The highest BCUT2D eigenvalue weighted by molar-refractivity contribution is 9.10. The SMILES string of the molecule is O=C(NCc1cc(Br)cs1)C1CC(F)(F)CN1. The van der Waals surface area contributed by atoms with Crippen molar-refractivity contribution in [1.82, 2.24) is 10.6 Å². The van der Waals surface area contributed by atoms with Gasteiger partial charge in [-0.15, -0.1) is 11.3 Å². The van der Waals surface area contributed by atoms with Crippen LogP contribution in [0.5, 0.6) is 0 Å². The number of nitrogens with one attached hydrogen (secondary N) is 2. The van der Waals surface area contributed by atoms with Gasteiger partial charge in [0.2, 0.25) is 5.91 Å². The first-order valence-corrected chi connectivity index (χ1v) is 6.75. The molecule has 1 aromatic rings. The quantitative estimate of drug-likeness (QED) is 0.894. The molecule has 2 rings (SSSR count). The van der Waals surface area contributed by atoms with Gasteiger partial charge in [-0.05, 0) is 22.0 Å². The first-order chi connectivity index (χ1) is 7.96. The van der Waals surface area contributed by atoms with Gasteiger partial charge in [-0.3, -0.25) is 10.1 Å². The standard InChI is InChI=1S/C10H11BrF2N2OS/c11-6-1-7(17-4-6)3-14-9(16)8-2-10(12,13)5-15-8/h1,4,8,15H,2-3,5H2,(H,14,16). The van der Waals surface area contributed by atoms with Gasteiger partial charge in [-0.2, -0.15) is 0 Å². The van der Waals surface area contributed by atoms with Gasteiger partial charge in [0.15, 0.2) is 0 Å². The molecular weight excluding hydrogens is 314 g/mol. The zero-order valence-electron chi connectivity index (χ0n) is 8.80. The molecule has 0 aliphatic carbocycles. The van der Waals surface area contributed by atoms with Crippen molar-refractivity contribution in [3.05, 3.63) is 20.8 Å². The van der Waals surface area contributed by atoms with Crippen molar-refractivity contribution in [2.75, 3.05) is 6.54 Å². The number of amides is 1. The Morgan fingerprint density at radius 2 is 2.47 bits per heavy atom. The lowest BCUT2D eigenvalue weighted by molar-refractivity contribution is -0.123. The van der Waals surface area contributed by atoms with Crippen molar-refractivity contribution in [2.24, 2.45) is 0 Å². The van der Waals surface area contributed by atoms with E-state index in [1.54, 1.807) is 0 Å². The van der Waals surface area contributed by atoms with Crippen LogP contribution in [0.15, 0.2) is 15.9 Å². The summed E-state index contributed by atoms with van der Waals surface area (Å²) in [5.74, 6) is -3.14. The van der Waals surface area contributed by atoms with E-state index < -0.39 is 24.9 Å². The van der Waals surface area contributed by atoms with E-state index in [0.29, 0.717) is 6.54 Å². The van der Waals surface area contributed by atoms with Gasteiger partial charge in [0.1, 0.15) is 0 Å². The number of rotatable bonds is 3. The minimum absolute atomic E-state index is 0.369. The summed E-state index contributed by atoms with van der Waals surface area (Å²) < 4.78 is 26.7. The van der Waals surface area contributed by atoms with Crippen molar-refractivity contribution >= 4 is 33.2 Å². The zero-order valence-corrected chi connectivity index (χ0v) is 11.2. The van der Waals surface area contributed by atoms with Crippen LogP contribution < -0.4 is 10.6 Å². The van der Waals surface area contributed by atoms with Crippen LogP contribution in [-0.4, -0.2) is 24.4 Å². The van der Waals surface area contributed by atoms with Crippen molar-refractivity contribution in [3.63, 3.8) is 0 Å². The Labute approximate surface area is 110 Å². The zero-order chi connectivity index (χ0) is 12.5. The number of hydrogen-bond acceptors (Lipinski definition) is 3. The molecule has 0 spiro atoms. The first-order valence-electron chi connectivity index (χ1n) is 5.08. The maximum absolute atomic E-state index is 12.9. The molecule has 2 heterocycles. The maximum Gasteiger partial charge on any atom is 0.262 e. The molecule has 1 aliphatic heterocycles. The Morgan fingerprint density at radius 1 is 1.71 bits per heavy atom. The Bertz CT molecular complexity index is 424. The van der Waals surface area contributed by atoms with E-state index in [1.807, 2.05) is 11.4 Å². The molecule has 1 atom stereocenters. The molecule has 1 saturated heterocycles. The summed E-state index contributed by atoms with van der Waals surface area (Å²) in [6, 6.07) is 1.11. The van der Waals surface area contributed by atoms with Gasteiger partial charge < -0.3 is 5.32 Å². The first kappa shape index (κ1) is 12.9. The number of thiophene rings is 1. The van der Waals surface area contributed by atoms with Crippen LogP contribution in [-0.2, 0) is 11.3 Å². The molecule has 2 N–H and O–H groups in total. The Morgan fingerprint density at radius 3 is 3.00 bits per heavy atom. The normalized spacial score (nSPS) is 22.6. The molecule has 0 aromatic carbocycles. The molecular formula is C10H11BrF2N2OS. The summed E-state index contributed by atoms with van der Waals surface area (Å²) in [7, 11) is 0. The second-order valence-corrected chi connectivity index (χ2v) is 5.85. The van der Waals surface area contributed by atoms with E-state index in [-0.39, 0.29) is 5.91 Å². The fourth-order valence-electron chi connectivity index (χ4n) is 1.64. The minimum Gasteiger partial charge on any atom is -0.350 e. The molecule has 0 radical (unpaired) electrons. The summed E-state index contributed by atoms with van der Waals surface area (Å²) in [6.45, 7) is -0.0471. The van der Waals surface area contributed by atoms with Gasteiger partial charge in [-0.1, -0.05) is 0 Å². The predicted molar refractivity (Wildman–Crippen MR) is 65.2 cm³/mol. The predicted octanol–water partition coefficient (Wildman–Crippen LogP) is 2.12. The highest BCUT2D eigenvalue weighted by Gasteiger charge is 2.42. The lowest BCUT2D eigenvalue weighted by Crippen LogP contribution is -2.39. The number of hydrogen-bond donors (Lipinski definition) is 2. The molecule has 94 valence electrons. The van der Waals surface area contributed by atoms with Gasteiger partial charge >= 0.3 is 0 Å².